The molecule has 52 heavy (non-hydrogen) atoms. The van der Waals surface area contributed by atoms with Crippen molar-refractivity contribution in [2.75, 3.05) is 11.7 Å². The summed E-state index contributed by atoms with van der Waals surface area (Å²) in [5.74, 6) is -0.0536. The molecule has 1 unspecified atom stereocenters. The van der Waals surface area contributed by atoms with Crippen LogP contribution in [0.15, 0.2) is 105 Å². The summed E-state index contributed by atoms with van der Waals surface area (Å²) in [6.45, 7) is 5.33. The molecule has 16 heteroatoms. The van der Waals surface area contributed by atoms with Crippen LogP contribution in [0.5, 0.6) is 23.0 Å². The van der Waals surface area contributed by atoms with Crippen molar-refractivity contribution in [2.24, 2.45) is 15.3 Å². The molecule has 0 saturated carbocycles. The normalized spacial score (nSPS) is 14.6. The van der Waals surface area contributed by atoms with Gasteiger partial charge in [0.15, 0.2) is 12.8 Å². The number of aryl methyl sites for hydroxylation is 2. The Morgan fingerprint density at radius 1 is 0.942 bits per heavy atom. The Morgan fingerprint density at radius 2 is 1.65 bits per heavy atom. The van der Waals surface area contributed by atoms with Crippen molar-refractivity contribution in [2.45, 2.75) is 31.7 Å². The number of hydrazone groups is 1. The number of amides is 2. The number of carbonyl (C=O) groups is 2. The van der Waals surface area contributed by atoms with E-state index in [9.17, 15) is 27.7 Å². The van der Waals surface area contributed by atoms with Gasteiger partial charge in [-0.05, 0) is 74.9 Å². The average Bonchev–Trinajstić information content (AvgIpc) is 3.38. The van der Waals surface area contributed by atoms with Gasteiger partial charge in [-0.2, -0.15) is 28.8 Å². The lowest BCUT2D eigenvalue weighted by Gasteiger charge is -2.15. The third kappa shape index (κ3) is 7.55. The Balaban J connectivity index is 1.16. The largest absolute Gasteiger partial charge is 0.506 e. The number of phenolic OH excluding ortho intramolecular Hbond substituents is 1. The van der Waals surface area contributed by atoms with Crippen LogP contribution in [0, 0.1) is 13.8 Å². The minimum Gasteiger partial charge on any atom is -0.506 e. The smallest absolute Gasteiger partial charge is 0.296 e. The van der Waals surface area contributed by atoms with Gasteiger partial charge in [-0.25, -0.2) is 0 Å². The Hall–Kier alpha value is -5.54. The number of hydrogen-bond acceptors (Lipinski definition) is 10. The van der Waals surface area contributed by atoms with Crippen molar-refractivity contribution in [3.05, 3.63) is 112 Å². The van der Waals surface area contributed by atoms with E-state index < -0.39 is 32.9 Å². The summed E-state index contributed by atoms with van der Waals surface area (Å²) in [6, 6.07) is 21.5. The highest BCUT2D eigenvalue weighted by molar-refractivity contribution is 7.86. The molecule has 0 radical (unpaired) electrons. The number of fused-ring (bicyclic) bond motifs is 1. The van der Waals surface area contributed by atoms with E-state index in [2.05, 4.69) is 20.6 Å². The molecular formula is C36H29Cl2N5O8S. The van der Waals surface area contributed by atoms with Crippen molar-refractivity contribution in [1.29, 1.82) is 0 Å². The molecule has 1 heterocycles. The van der Waals surface area contributed by atoms with Gasteiger partial charge in [0.1, 0.15) is 27.9 Å². The lowest BCUT2D eigenvalue weighted by Crippen LogP contribution is -2.30. The monoisotopic (exact) mass is 761 g/mol. The Labute approximate surface area is 307 Å². The second-order valence-electron chi connectivity index (χ2n) is 11.7. The summed E-state index contributed by atoms with van der Waals surface area (Å²) in [5, 5.41) is 27.6. The van der Waals surface area contributed by atoms with E-state index in [4.69, 9.17) is 32.7 Å². The molecule has 1 aliphatic rings. The van der Waals surface area contributed by atoms with Crippen LogP contribution in [0.2, 0.25) is 10.0 Å². The SMILES string of the molecule is CC1=NN(c2cc(Cl)c(S(=O)(=O)O)cc2Cl)C(=O)C1N=Nc1ccc(Oc2cc(C(=O)NCOc3ccc(C)cc3C)c(O)c3ccccc23)cc1. The molecule has 3 N–H and O–H groups in total. The molecule has 1 aliphatic heterocycles. The maximum absolute atomic E-state index is 13.2. The molecule has 0 fully saturated rings. The number of halogens is 2. The first kappa shape index (κ1) is 36.3. The highest BCUT2D eigenvalue weighted by Gasteiger charge is 2.36. The third-order valence-corrected chi connectivity index (χ3v) is 9.59. The fourth-order valence-electron chi connectivity index (χ4n) is 5.39. The van der Waals surface area contributed by atoms with Crippen LogP contribution in [0.1, 0.15) is 28.4 Å². The minimum atomic E-state index is -4.65. The van der Waals surface area contributed by atoms with Crippen molar-refractivity contribution >= 4 is 73.0 Å². The predicted octanol–water partition coefficient (Wildman–Crippen LogP) is 8.15. The van der Waals surface area contributed by atoms with Crippen LogP contribution >= 0.6 is 23.2 Å². The molecular weight excluding hydrogens is 733 g/mol. The molecule has 0 spiro atoms. The molecule has 0 aliphatic carbocycles. The van der Waals surface area contributed by atoms with Crippen molar-refractivity contribution in [3.8, 4) is 23.0 Å². The average molecular weight is 763 g/mol. The highest BCUT2D eigenvalue weighted by atomic mass is 35.5. The summed E-state index contributed by atoms with van der Waals surface area (Å²) in [6.07, 6.45) is 0. The number of azo groups is 1. The second-order valence-corrected chi connectivity index (χ2v) is 13.9. The zero-order valence-electron chi connectivity index (χ0n) is 27.7. The van der Waals surface area contributed by atoms with Crippen molar-refractivity contribution in [3.63, 3.8) is 0 Å². The van der Waals surface area contributed by atoms with E-state index in [0.717, 1.165) is 28.3 Å². The first-order chi connectivity index (χ1) is 24.7. The van der Waals surface area contributed by atoms with Crippen molar-refractivity contribution in [1.82, 2.24) is 5.32 Å². The van der Waals surface area contributed by atoms with Gasteiger partial charge < -0.3 is 19.9 Å². The van der Waals surface area contributed by atoms with Crippen molar-refractivity contribution < 1.29 is 37.1 Å². The van der Waals surface area contributed by atoms with E-state index in [0.29, 0.717) is 33.7 Å². The Kier molecular flexibility index (Phi) is 10.2. The topological polar surface area (TPSA) is 180 Å². The van der Waals surface area contributed by atoms with Gasteiger partial charge in [0.25, 0.3) is 21.9 Å². The van der Waals surface area contributed by atoms with Crippen LogP contribution in [0.4, 0.5) is 11.4 Å². The molecule has 2 amide bonds. The molecule has 5 aromatic rings. The number of ether oxygens (including phenoxy) is 2. The first-order valence-electron chi connectivity index (χ1n) is 15.5. The van der Waals surface area contributed by atoms with Gasteiger partial charge in [-0.15, -0.1) is 0 Å². The molecule has 0 bridgehead atoms. The number of hydrogen-bond donors (Lipinski definition) is 3. The van der Waals surface area contributed by atoms with E-state index in [1.165, 1.54) is 6.07 Å². The van der Waals surface area contributed by atoms with Gasteiger partial charge in [0.2, 0.25) is 0 Å². The van der Waals surface area contributed by atoms with E-state index >= 15 is 0 Å². The Morgan fingerprint density at radius 3 is 2.35 bits per heavy atom. The van der Waals surface area contributed by atoms with Crippen LogP contribution in [-0.4, -0.2) is 48.4 Å². The lowest BCUT2D eigenvalue weighted by atomic mass is 10.0. The quantitative estimate of drug-likeness (QED) is 0.0724. The van der Waals surface area contributed by atoms with Crippen LogP contribution in [0.25, 0.3) is 10.8 Å². The zero-order valence-corrected chi connectivity index (χ0v) is 30.0. The first-order valence-corrected chi connectivity index (χ1v) is 17.7. The molecule has 13 nitrogen and oxygen atoms in total. The number of aromatic hydroxyl groups is 1. The van der Waals surface area contributed by atoms with Crippen LogP contribution in [0.3, 0.4) is 0 Å². The number of nitrogens with zero attached hydrogens (tertiary/aromatic N) is 4. The molecule has 6 rings (SSSR count). The van der Waals surface area contributed by atoms with E-state index in [1.807, 2.05) is 32.0 Å². The number of phenols is 1. The molecule has 0 saturated heterocycles. The molecule has 1 atom stereocenters. The fraction of sp³-hybridized carbons (Fsp3) is 0.139. The van der Waals surface area contributed by atoms with Gasteiger partial charge in [0.05, 0.1) is 32.7 Å². The van der Waals surface area contributed by atoms with E-state index in [-0.39, 0.29) is 39.5 Å². The lowest BCUT2D eigenvalue weighted by molar-refractivity contribution is -0.117. The number of nitrogens with one attached hydrogen (secondary N) is 1. The van der Waals surface area contributed by atoms with Gasteiger partial charge in [0, 0.05) is 10.8 Å². The van der Waals surface area contributed by atoms with Crippen LogP contribution < -0.4 is 19.8 Å². The number of carbonyl (C=O) groups excluding carboxylic acids is 2. The van der Waals surface area contributed by atoms with Gasteiger partial charge >= 0.3 is 0 Å². The predicted molar refractivity (Wildman–Crippen MR) is 196 cm³/mol. The minimum absolute atomic E-state index is 0.00400. The third-order valence-electron chi connectivity index (χ3n) is 7.97. The molecule has 266 valence electrons. The summed E-state index contributed by atoms with van der Waals surface area (Å²) < 4.78 is 44.4. The molecule has 0 aromatic heterocycles. The fourth-order valence-corrected chi connectivity index (χ4v) is 6.72. The number of rotatable bonds is 10. The Bertz CT molecular complexity index is 2420. The summed E-state index contributed by atoms with van der Waals surface area (Å²) in [4.78, 5) is 25.8. The van der Waals surface area contributed by atoms with Gasteiger partial charge in [-0.1, -0.05) is 65.2 Å². The summed E-state index contributed by atoms with van der Waals surface area (Å²) >= 11 is 12.2. The number of benzene rings is 5. The standard InChI is InChI=1S/C36H29Cl2N5O8S/c1-19-8-13-30(20(2)14-19)50-18-39-35(45)26-15-31(24-6-4-5-7-25(24)34(26)44)51-23-11-9-22(10-12-23)40-41-33-21(3)42-43(36(33)46)29-16-28(38)32(17-27(29)37)52(47,48)49/h4-17,33,44H,18H2,1-3H3,(H,39,45)(H,47,48,49). The summed E-state index contributed by atoms with van der Waals surface area (Å²) in [5.41, 5.74) is 2.67. The van der Waals surface area contributed by atoms with Crippen LogP contribution in [-0.2, 0) is 14.9 Å². The van der Waals surface area contributed by atoms with Gasteiger partial charge in [-0.3, -0.25) is 14.1 Å². The maximum Gasteiger partial charge on any atom is 0.296 e. The maximum atomic E-state index is 13.2. The van der Waals surface area contributed by atoms with E-state index in [1.54, 1.807) is 55.5 Å². The second kappa shape index (κ2) is 14.6. The molecule has 5 aromatic carbocycles. The zero-order chi connectivity index (χ0) is 37.3. The summed E-state index contributed by atoms with van der Waals surface area (Å²) in [7, 11) is -4.65. The highest BCUT2D eigenvalue weighted by Crippen LogP contribution is 2.39. The number of anilines is 1.